The monoisotopic (exact) mass is 377 g/mol. The first-order chi connectivity index (χ1) is 13.7. The molecule has 0 saturated carbocycles. The van der Waals surface area contributed by atoms with E-state index in [0.29, 0.717) is 30.2 Å². The van der Waals surface area contributed by atoms with E-state index in [1.807, 2.05) is 12.1 Å². The van der Waals surface area contributed by atoms with E-state index in [0.717, 1.165) is 24.2 Å². The highest BCUT2D eigenvalue weighted by Crippen LogP contribution is 2.23. The molecule has 0 radical (unpaired) electrons. The van der Waals surface area contributed by atoms with Crippen LogP contribution < -0.4 is 10.2 Å². The first kappa shape index (κ1) is 17.8. The number of nitrogens with one attached hydrogen (secondary N) is 1. The maximum absolute atomic E-state index is 12.2. The third kappa shape index (κ3) is 4.06. The first-order valence-corrected chi connectivity index (χ1v) is 9.12. The third-order valence-corrected chi connectivity index (χ3v) is 4.51. The fourth-order valence-corrected chi connectivity index (χ4v) is 3.06. The first-order valence-electron chi connectivity index (χ1n) is 9.12. The minimum absolute atomic E-state index is 0.141. The SMILES string of the molecule is O=C(CCc1nc(-c2ccncc2)no1)Nc1ccc(N2CCCC2=O)cc1. The van der Waals surface area contributed by atoms with E-state index >= 15 is 0 Å². The summed E-state index contributed by atoms with van der Waals surface area (Å²) < 4.78 is 5.20. The number of anilines is 2. The van der Waals surface area contributed by atoms with Crippen molar-refractivity contribution >= 4 is 23.2 Å². The highest BCUT2D eigenvalue weighted by Gasteiger charge is 2.21. The predicted octanol–water partition coefficient (Wildman–Crippen LogP) is 2.83. The van der Waals surface area contributed by atoms with Crippen molar-refractivity contribution in [3.05, 3.63) is 54.7 Å². The lowest BCUT2D eigenvalue weighted by molar-refractivity contribution is -0.117. The molecule has 1 N–H and O–H groups in total. The summed E-state index contributed by atoms with van der Waals surface area (Å²) in [5, 5.41) is 6.76. The van der Waals surface area contributed by atoms with Crippen LogP contribution in [0.15, 0.2) is 53.3 Å². The summed E-state index contributed by atoms with van der Waals surface area (Å²) in [6.45, 7) is 0.746. The van der Waals surface area contributed by atoms with Crippen LogP contribution in [0.5, 0.6) is 0 Å². The number of benzene rings is 1. The van der Waals surface area contributed by atoms with Gasteiger partial charge in [0, 0.05) is 55.1 Å². The number of hydrogen-bond acceptors (Lipinski definition) is 6. The van der Waals surface area contributed by atoms with Crippen molar-refractivity contribution < 1.29 is 14.1 Å². The van der Waals surface area contributed by atoms with E-state index in [9.17, 15) is 9.59 Å². The molecule has 2 amide bonds. The molecule has 1 fully saturated rings. The minimum Gasteiger partial charge on any atom is -0.339 e. The summed E-state index contributed by atoms with van der Waals surface area (Å²) in [4.78, 5) is 34.0. The van der Waals surface area contributed by atoms with Crippen molar-refractivity contribution in [2.75, 3.05) is 16.8 Å². The molecule has 0 aliphatic carbocycles. The number of pyridine rings is 1. The van der Waals surface area contributed by atoms with Crippen molar-refractivity contribution in [1.82, 2.24) is 15.1 Å². The Morgan fingerprint density at radius 3 is 2.64 bits per heavy atom. The van der Waals surface area contributed by atoms with Gasteiger partial charge in [-0.25, -0.2) is 0 Å². The van der Waals surface area contributed by atoms with Crippen LogP contribution in [-0.4, -0.2) is 33.5 Å². The zero-order chi connectivity index (χ0) is 19.3. The quantitative estimate of drug-likeness (QED) is 0.709. The number of carbonyl (C=O) groups is 2. The van der Waals surface area contributed by atoms with Crippen LogP contribution in [0.3, 0.4) is 0 Å². The normalized spacial score (nSPS) is 13.7. The molecule has 1 saturated heterocycles. The van der Waals surface area contributed by atoms with E-state index in [-0.39, 0.29) is 18.2 Å². The van der Waals surface area contributed by atoms with Gasteiger partial charge in [0.05, 0.1) is 0 Å². The second-order valence-corrected chi connectivity index (χ2v) is 6.49. The Labute approximate surface area is 161 Å². The number of aryl methyl sites for hydroxylation is 1. The molecule has 4 rings (SSSR count). The van der Waals surface area contributed by atoms with Crippen LogP contribution >= 0.6 is 0 Å². The van der Waals surface area contributed by atoms with Gasteiger partial charge in [-0.05, 0) is 42.8 Å². The van der Waals surface area contributed by atoms with E-state index < -0.39 is 0 Å². The number of hydrogen-bond donors (Lipinski definition) is 1. The standard InChI is InChI=1S/C20H19N5O3/c26-17(7-8-18-23-20(24-28-18)14-9-11-21-12-10-14)22-15-3-5-16(6-4-15)25-13-1-2-19(25)27/h3-6,9-12H,1-2,7-8,13H2,(H,22,26). The Hall–Kier alpha value is -3.55. The average Bonchev–Trinajstić information content (AvgIpc) is 3.37. The Kier molecular flexibility index (Phi) is 5.09. The van der Waals surface area contributed by atoms with Gasteiger partial charge in [-0.3, -0.25) is 14.6 Å². The predicted molar refractivity (Wildman–Crippen MR) is 103 cm³/mol. The molecule has 142 valence electrons. The van der Waals surface area contributed by atoms with Gasteiger partial charge in [-0.2, -0.15) is 4.98 Å². The molecule has 28 heavy (non-hydrogen) atoms. The Morgan fingerprint density at radius 1 is 1.14 bits per heavy atom. The molecule has 2 aromatic heterocycles. The molecule has 3 heterocycles. The molecule has 8 nitrogen and oxygen atoms in total. The molecule has 1 aliphatic heterocycles. The third-order valence-electron chi connectivity index (χ3n) is 4.51. The fraction of sp³-hybridized carbons (Fsp3) is 0.250. The number of carbonyl (C=O) groups excluding carboxylic acids is 2. The van der Waals surface area contributed by atoms with Gasteiger partial charge < -0.3 is 14.7 Å². The lowest BCUT2D eigenvalue weighted by Gasteiger charge is -2.16. The van der Waals surface area contributed by atoms with Crippen molar-refractivity contribution in [2.24, 2.45) is 0 Å². The summed E-state index contributed by atoms with van der Waals surface area (Å²) in [7, 11) is 0. The maximum atomic E-state index is 12.2. The van der Waals surface area contributed by atoms with Crippen LogP contribution in [0.4, 0.5) is 11.4 Å². The van der Waals surface area contributed by atoms with Crippen molar-refractivity contribution in [2.45, 2.75) is 25.7 Å². The van der Waals surface area contributed by atoms with Crippen molar-refractivity contribution in [3.8, 4) is 11.4 Å². The molecule has 1 aliphatic rings. The Balaban J connectivity index is 1.30. The van der Waals surface area contributed by atoms with E-state index in [2.05, 4.69) is 20.4 Å². The average molecular weight is 377 g/mol. The summed E-state index contributed by atoms with van der Waals surface area (Å²) >= 11 is 0. The summed E-state index contributed by atoms with van der Waals surface area (Å²) in [6, 6.07) is 10.9. The molecule has 1 aromatic carbocycles. The maximum Gasteiger partial charge on any atom is 0.227 e. The zero-order valence-electron chi connectivity index (χ0n) is 15.2. The highest BCUT2D eigenvalue weighted by atomic mass is 16.5. The largest absolute Gasteiger partial charge is 0.339 e. The number of amides is 2. The molecule has 8 heteroatoms. The van der Waals surface area contributed by atoms with Crippen LogP contribution in [0.25, 0.3) is 11.4 Å². The lowest BCUT2D eigenvalue weighted by atomic mass is 10.2. The number of rotatable bonds is 6. The van der Waals surface area contributed by atoms with Gasteiger partial charge in [0.2, 0.25) is 23.5 Å². The minimum atomic E-state index is -0.145. The second-order valence-electron chi connectivity index (χ2n) is 6.49. The van der Waals surface area contributed by atoms with Gasteiger partial charge in [-0.1, -0.05) is 5.16 Å². The van der Waals surface area contributed by atoms with Gasteiger partial charge in [0.1, 0.15) is 0 Å². The van der Waals surface area contributed by atoms with Crippen LogP contribution in [-0.2, 0) is 16.0 Å². The Morgan fingerprint density at radius 2 is 1.93 bits per heavy atom. The number of nitrogens with zero attached hydrogens (tertiary/aromatic N) is 4. The molecule has 0 bridgehead atoms. The summed E-state index contributed by atoms with van der Waals surface area (Å²) in [5.74, 6) is 0.880. The smallest absolute Gasteiger partial charge is 0.227 e. The molecule has 0 atom stereocenters. The molecule has 0 unspecified atom stereocenters. The van der Waals surface area contributed by atoms with Crippen LogP contribution in [0.2, 0.25) is 0 Å². The fourth-order valence-electron chi connectivity index (χ4n) is 3.06. The molecule has 0 spiro atoms. The van der Waals surface area contributed by atoms with Gasteiger partial charge in [0.25, 0.3) is 0 Å². The van der Waals surface area contributed by atoms with E-state index in [1.54, 1.807) is 41.6 Å². The van der Waals surface area contributed by atoms with Gasteiger partial charge in [0.15, 0.2) is 0 Å². The Bertz CT molecular complexity index is 969. The highest BCUT2D eigenvalue weighted by molar-refractivity contribution is 5.96. The van der Waals surface area contributed by atoms with Gasteiger partial charge >= 0.3 is 0 Å². The number of aromatic nitrogens is 3. The van der Waals surface area contributed by atoms with Crippen molar-refractivity contribution in [3.63, 3.8) is 0 Å². The molecule has 3 aromatic rings. The molecular weight excluding hydrogens is 358 g/mol. The van der Waals surface area contributed by atoms with E-state index in [1.165, 1.54) is 0 Å². The lowest BCUT2D eigenvalue weighted by Crippen LogP contribution is -2.23. The summed E-state index contributed by atoms with van der Waals surface area (Å²) in [5.41, 5.74) is 2.35. The van der Waals surface area contributed by atoms with E-state index in [4.69, 9.17) is 4.52 Å². The topological polar surface area (TPSA) is 101 Å². The zero-order valence-corrected chi connectivity index (χ0v) is 15.2. The molecular formula is C20H19N5O3. The summed E-state index contributed by atoms with van der Waals surface area (Å²) in [6.07, 6.45) is 5.37. The second kappa shape index (κ2) is 7.99. The van der Waals surface area contributed by atoms with Crippen LogP contribution in [0.1, 0.15) is 25.2 Å². The van der Waals surface area contributed by atoms with Crippen LogP contribution in [0, 0.1) is 0 Å². The van der Waals surface area contributed by atoms with Gasteiger partial charge in [-0.15, -0.1) is 0 Å². The van der Waals surface area contributed by atoms with Crippen molar-refractivity contribution in [1.29, 1.82) is 0 Å².